The van der Waals surface area contributed by atoms with E-state index in [2.05, 4.69) is 58.5 Å². The first-order valence-corrected chi connectivity index (χ1v) is 15.5. The van der Waals surface area contributed by atoms with E-state index >= 15 is 0 Å². The number of benzene rings is 2. The summed E-state index contributed by atoms with van der Waals surface area (Å²) in [5.74, 6) is 0.194. The van der Waals surface area contributed by atoms with E-state index in [-0.39, 0.29) is 17.5 Å². The molecule has 2 saturated heterocycles. The van der Waals surface area contributed by atoms with Gasteiger partial charge in [0.25, 0.3) is 0 Å². The summed E-state index contributed by atoms with van der Waals surface area (Å²) >= 11 is 1.37. The topological polar surface area (TPSA) is 26.8 Å². The monoisotopic (exact) mass is 573 g/mol. The van der Waals surface area contributed by atoms with Crippen molar-refractivity contribution in [2.45, 2.75) is 86.9 Å². The lowest BCUT2D eigenvalue weighted by Gasteiger charge is -2.52. The molecule has 4 nitrogen and oxygen atoms in total. The fourth-order valence-corrected chi connectivity index (χ4v) is 8.30. The Morgan fingerprint density at radius 1 is 0.925 bits per heavy atom. The molecule has 0 N–H and O–H groups in total. The summed E-state index contributed by atoms with van der Waals surface area (Å²) in [6.07, 6.45) is 5.82. The van der Waals surface area contributed by atoms with E-state index in [4.69, 9.17) is 0 Å². The molecule has 1 spiro atoms. The third-order valence-corrected chi connectivity index (χ3v) is 11.0. The first-order valence-electron chi connectivity index (χ1n) is 14.7. The van der Waals surface area contributed by atoms with E-state index < -0.39 is 11.7 Å². The van der Waals surface area contributed by atoms with Gasteiger partial charge in [0.15, 0.2) is 0 Å². The molecule has 5 rings (SSSR count). The molecule has 1 atom stereocenters. The average molecular weight is 574 g/mol. The van der Waals surface area contributed by atoms with Crippen molar-refractivity contribution < 1.29 is 18.0 Å². The van der Waals surface area contributed by atoms with Gasteiger partial charge in [0, 0.05) is 42.5 Å². The Hall–Kier alpha value is -2.03. The van der Waals surface area contributed by atoms with E-state index in [1.165, 1.54) is 42.5 Å². The fraction of sp³-hybridized carbons (Fsp3) is 0.594. The molecule has 0 radical (unpaired) electrons. The van der Waals surface area contributed by atoms with Gasteiger partial charge >= 0.3 is 6.18 Å². The minimum atomic E-state index is -4.35. The van der Waals surface area contributed by atoms with E-state index in [0.717, 1.165) is 70.6 Å². The molecule has 3 fully saturated rings. The zero-order valence-electron chi connectivity index (χ0n) is 23.8. The maximum absolute atomic E-state index is 13.4. The van der Waals surface area contributed by atoms with Gasteiger partial charge in [-0.25, -0.2) is 4.31 Å². The molecule has 8 heteroatoms. The molecule has 0 bridgehead atoms. The SMILES string of the molecule is CN(C)C1(c2ccccc2)CCC2(CCN(C(=O)CC3CCCCN3Sc3cccc(C(F)(F)F)c3)CC2)CC1. The van der Waals surface area contributed by atoms with Crippen molar-refractivity contribution in [3.8, 4) is 0 Å². The second-order valence-corrected chi connectivity index (χ2v) is 13.4. The Morgan fingerprint density at radius 2 is 1.62 bits per heavy atom. The lowest BCUT2D eigenvalue weighted by molar-refractivity contribution is -0.138. The number of nitrogens with zero attached hydrogens (tertiary/aromatic N) is 3. The summed E-state index contributed by atoms with van der Waals surface area (Å²) in [7, 11) is 4.40. The maximum atomic E-state index is 13.4. The molecule has 1 amide bonds. The number of carbonyl (C=O) groups is 1. The lowest BCUT2D eigenvalue weighted by Crippen LogP contribution is -2.51. The molecular weight excluding hydrogens is 531 g/mol. The normalized spacial score (nSPS) is 23.4. The van der Waals surface area contributed by atoms with Crippen molar-refractivity contribution in [1.29, 1.82) is 0 Å². The number of hydrogen-bond acceptors (Lipinski definition) is 4. The minimum Gasteiger partial charge on any atom is -0.343 e. The van der Waals surface area contributed by atoms with E-state index in [1.807, 2.05) is 0 Å². The number of alkyl halides is 3. The maximum Gasteiger partial charge on any atom is 0.416 e. The van der Waals surface area contributed by atoms with Crippen molar-refractivity contribution in [1.82, 2.24) is 14.1 Å². The molecule has 2 aromatic carbocycles. The number of halogens is 3. The lowest BCUT2D eigenvalue weighted by atomic mass is 9.61. The highest BCUT2D eigenvalue weighted by atomic mass is 32.2. The quantitative estimate of drug-likeness (QED) is 0.333. The predicted octanol–water partition coefficient (Wildman–Crippen LogP) is 7.60. The van der Waals surface area contributed by atoms with Crippen LogP contribution in [0.5, 0.6) is 0 Å². The van der Waals surface area contributed by atoms with Crippen LogP contribution in [0.4, 0.5) is 13.2 Å². The number of hydrogen-bond donors (Lipinski definition) is 0. The smallest absolute Gasteiger partial charge is 0.343 e. The summed E-state index contributed by atoms with van der Waals surface area (Å²) < 4.78 is 41.8. The van der Waals surface area contributed by atoms with Gasteiger partial charge in [-0.15, -0.1) is 0 Å². The van der Waals surface area contributed by atoms with Crippen molar-refractivity contribution in [3.05, 3.63) is 65.7 Å². The molecule has 40 heavy (non-hydrogen) atoms. The Morgan fingerprint density at radius 3 is 2.27 bits per heavy atom. The molecule has 1 saturated carbocycles. The molecule has 2 heterocycles. The van der Waals surface area contributed by atoms with Gasteiger partial charge in [-0.2, -0.15) is 13.2 Å². The van der Waals surface area contributed by atoms with Crippen LogP contribution in [0.3, 0.4) is 0 Å². The third-order valence-electron chi connectivity index (χ3n) is 9.85. The highest BCUT2D eigenvalue weighted by molar-refractivity contribution is 7.97. The standard InChI is InChI=1S/C32H42F3N3OS/c1-36(2)31(25-9-4-3-5-10-25)16-14-30(15-17-31)18-21-37(22-19-30)29(39)24-27-12-6-7-20-38(27)40-28-13-8-11-26(23-28)32(33,34)35/h3-5,8-11,13,23,27H,6-7,12,14-22,24H2,1-2H3. The van der Waals surface area contributed by atoms with Gasteiger partial charge in [0.05, 0.1) is 5.56 Å². The van der Waals surface area contributed by atoms with Crippen molar-refractivity contribution in [3.63, 3.8) is 0 Å². The molecule has 218 valence electrons. The van der Waals surface area contributed by atoms with Crippen LogP contribution in [-0.4, -0.2) is 59.8 Å². The fourth-order valence-electron chi connectivity index (χ4n) is 7.16. The highest BCUT2D eigenvalue weighted by Crippen LogP contribution is 2.52. The number of piperidine rings is 2. The Bertz CT molecular complexity index is 1140. The van der Waals surface area contributed by atoms with Crippen LogP contribution in [0.1, 0.15) is 75.3 Å². The summed E-state index contributed by atoms with van der Waals surface area (Å²) in [6, 6.07) is 16.5. The molecule has 1 unspecified atom stereocenters. The Kier molecular flexibility index (Phi) is 8.89. The first kappa shape index (κ1) is 29.5. The van der Waals surface area contributed by atoms with Crippen LogP contribution in [-0.2, 0) is 16.5 Å². The predicted molar refractivity (Wildman–Crippen MR) is 155 cm³/mol. The van der Waals surface area contributed by atoms with Gasteiger partial charge in [-0.3, -0.25) is 9.69 Å². The summed E-state index contributed by atoms with van der Waals surface area (Å²) in [4.78, 5) is 18.5. The van der Waals surface area contributed by atoms with Gasteiger partial charge < -0.3 is 4.90 Å². The number of likely N-dealkylation sites (tertiary alicyclic amines) is 1. The third kappa shape index (κ3) is 6.39. The molecular formula is C32H42F3N3OS. The van der Waals surface area contributed by atoms with Crippen molar-refractivity contribution in [2.24, 2.45) is 5.41 Å². The van der Waals surface area contributed by atoms with Crippen molar-refractivity contribution >= 4 is 17.9 Å². The molecule has 3 aliphatic rings. The van der Waals surface area contributed by atoms with Gasteiger partial charge in [0.2, 0.25) is 5.91 Å². The average Bonchev–Trinajstić information content (AvgIpc) is 2.95. The van der Waals surface area contributed by atoms with Gasteiger partial charge in [-0.1, -0.05) is 42.8 Å². The molecule has 0 aromatic heterocycles. The Balaban J connectivity index is 1.16. The van der Waals surface area contributed by atoms with Gasteiger partial charge in [-0.05, 0) is 107 Å². The second-order valence-electron chi connectivity index (χ2n) is 12.3. The molecule has 2 aliphatic heterocycles. The highest BCUT2D eigenvalue weighted by Gasteiger charge is 2.46. The molecule has 1 aliphatic carbocycles. The first-order chi connectivity index (χ1) is 19.1. The van der Waals surface area contributed by atoms with E-state index in [9.17, 15) is 18.0 Å². The van der Waals surface area contributed by atoms with Crippen LogP contribution in [0, 0.1) is 5.41 Å². The Labute approximate surface area is 241 Å². The van der Waals surface area contributed by atoms with E-state index in [0.29, 0.717) is 16.7 Å². The largest absolute Gasteiger partial charge is 0.416 e. The van der Waals surface area contributed by atoms with Crippen LogP contribution in [0.25, 0.3) is 0 Å². The zero-order chi connectivity index (χ0) is 28.4. The minimum absolute atomic E-state index is 0.0536. The van der Waals surface area contributed by atoms with Crippen LogP contribution >= 0.6 is 11.9 Å². The number of rotatable bonds is 6. The van der Waals surface area contributed by atoms with Crippen molar-refractivity contribution in [2.75, 3.05) is 33.7 Å². The summed E-state index contributed by atoms with van der Waals surface area (Å²) in [6.45, 7) is 2.41. The summed E-state index contributed by atoms with van der Waals surface area (Å²) in [5, 5.41) is 0. The molecule has 2 aromatic rings. The zero-order valence-corrected chi connectivity index (χ0v) is 24.6. The number of amides is 1. The number of carbonyl (C=O) groups excluding carboxylic acids is 1. The second kappa shape index (κ2) is 12.1. The van der Waals surface area contributed by atoms with Gasteiger partial charge in [0.1, 0.15) is 0 Å². The van der Waals surface area contributed by atoms with Crippen LogP contribution in [0.2, 0.25) is 0 Å². The van der Waals surface area contributed by atoms with Crippen LogP contribution in [0.15, 0.2) is 59.5 Å². The van der Waals surface area contributed by atoms with E-state index in [1.54, 1.807) is 6.07 Å². The van der Waals surface area contributed by atoms with Crippen LogP contribution < -0.4 is 0 Å². The summed E-state index contributed by atoms with van der Waals surface area (Å²) in [5.41, 5.74) is 1.18.